The molecule has 9 nitrogen and oxygen atoms in total. The maximum absolute atomic E-state index is 12.4. The lowest BCUT2D eigenvalue weighted by molar-refractivity contribution is -0.129. The number of ketones is 1. The minimum atomic E-state index is -1.46. The summed E-state index contributed by atoms with van der Waals surface area (Å²) in [6, 6.07) is 14.6. The van der Waals surface area contributed by atoms with Crippen molar-refractivity contribution in [3.63, 3.8) is 0 Å². The van der Waals surface area contributed by atoms with Crippen LogP contribution in [0.3, 0.4) is 0 Å². The lowest BCUT2D eigenvalue weighted by atomic mass is 10.00. The van der Waals surface area contributed by atoms with E-state index in [4.69, 9.17) is 27.8 Å². The van der Waals surface area contributed by atoms with E-state index in [0.29, 0.717) is 17.2 Å². The van der Waals surface area contributed by atoms with Crippen LogP contribution in [-0.2, 0) is 11.2 Å². The fraction of sp³-hybridized carbons (Fsp3) is 0.227. The van der Waals surface area contributed by atoms with Gasteiger partial charge in [-0.1, -0.05) is 18.2 Å². The highest BCUT2D eigenvalue weighted by Gasteiger charge is 2.25. The van der Waals surface area contributed by atoms with Gasteiger partial charge in [-0.15, -0.1) is 0 Å². The van der Waals surface area contributed by atoms with Gasteiger partial charge in [-0.3, -0.25) is 19.1 Å². The predicted octanol–water partition coefficient (Wildman–Crippen LogP) is 1.58. The van der Waals surface area contributed by atoms with E-state index in [1.807, 2.05) is 30.3 Å². The first-order valence-electron chi connectivity index (χ1n) is 9.80. The number of ether oxygens (including phenoxy) is 1. The minimum absolute atomic E-state index is 0.0480. The van der Waals surface area contributed by atoms with Gasteiger partial charge in [-0.05, 0) is 48.6 Å². The number of nitrogens with zero attached hydrogens (tertiary/aromatic N) is 1. The first kappa shape index (κ1) is 23.4. The Morgan fingerprint density at radius 2 is 1.75 bits per heavy atom. The monoisotopic (exact) mass is 457 g/mol. The molecule has 1 aromatic heterocycles. The second kappa shape index (κ2) is 10.3. The molecule has 0 radical (unpaired) electrons. The topological polar surface area (TPSA) is 151 Å². The summed E-state index contributed by atoms with van der Waals surface area (Å²) in [4.78, 5) is 27.0. The zero-order valence-corrected chi connectivity index (χ0v) is 17.8. The molecule has 0 fully saturated rings. The van der Waals surface area contributed by atoms with E-state index in [0.717, 1.165) is 0 Å². The number of rotatable bonds is 9. The summed E-state index contributed by atoms with van der Waals surface area (Å²) in [5, 5.41) is 29.4. The number of nitrogens with two attached hydrogens (primary N) is 1. The number of aliphatic hydroxyl groups excluding tert-OH is 2. The molecular weight excluding hydrogens is 434 g/mol. The average molecular weight is 458 g/mol. The number of nitrogens with one attached hydrogen (secondary N) is 1. The molecule has 2 atom stereocenters. The highest BCUT2D eigenvalue weighted by molar-refractivity contribution is 7.71. The van der Waals surface area contributed by atoms with Crippen LogP contribution in [0.1, 0.15) is 12.0 Å². The van der Waals surface area contributed by atoms with Crippen LogP contribution in [0.25, 0.3) is 5.69 Å². The van der Waals surface area contributed by atoms with Crippen molar-refractivity contribution in [3.8, 4) is 23.1 Å². The number of aromatic amines is 1. The van der Waals surface area contributed by atoms with Crippen molar-refractivity contribution in [1.29, 1.82) is 0 Å². The minimum Gasteiger partial charge on any atom is -0.494 e. The van der Waals surface area contributed by atoms with Gasteiger partial charge in [0.25, 0.3) is 5.56 Å². The van der Waals surface area contributed by atoms with E-state index in [1.54, 1.807) is 24.3 Å². The smallest absolute Gasteiger partial charge is 0.258 e. The molecule has 2 aromatic carbocycles. The molecule has 6 N–H and O–H groups in total. The number of Topliss-reactive ketones (excluding diaryl/α,β-unsaturated/α-hetero) is 1. The number of hydrogen-bond donors (Lipinski definition) is 5. The molecule has 0 bridgehead atoms. The summed E-state index contributed by atoms with van der Waals surface area (Å²) in [5.74, 6) is 0.0128. The van der Waals surface area contributed by atoms with Gasteiger partial charge in [0, 0.05) is 19.4 Å². The van der Waals surface area contributed by atoms with Crippen molar-refractivity contribution in [3.05, 3.63) is 75.3 Å². The summed E-state index contributed by atoms with van der Waals surface area (Å²) in [6.07, 6.45) is -1.95. The van der Waals surface area contributed by atoms with E-state index >= 15 is 0 Å². The number of carbonyl (C=O) groups excluding carboxylic acids is 1. The van der Waals surface area contributed by atoms with Crippen LogP contribution in [0.15, 0.2) is 59.4 Å². The van der Waals surface area contributed by atoms with Gasteiger partial charge < -0.3 is 25.8 Å². The molecule has 32 heavy (non-hydrogen) atoms. The Morgan fingerprint density at radius 1 is 1.12 bits per heavy atom. The molecule has 0 aliphatic carbocycles. The van der Waals surface area contributed by atoms with Crippen LogP contribution < -0.4 is 16.0 Å². The van der Waals surface area contributed by atoms with Crippen molar-refractivity contribution >= 4 is 18.0 Å². The zero-order chi connectivity index (χ0) is 23.3. The SMILES string of the molecule is NC(Cc1c(O)n(-c2ccc(Oc3ccccc3)cc2)c(=S)[nH]c1=O)C(=O)[C@H](O)CCO. The molecule has 10 heteroatoms. The Labute approximate surface area is 188 Å². The first-order chi connectivity index (χ1) is 15.3. The molecule has 1 heterocycles. The van der Waals surface area contributed by atoms with E-state index in [-0.39, 0.29) is 29.8 Å². The van der Waals surface area contributed by atoms with Gasteiger partial charge in [-0.25, -0.2) is 0 Å². The third kappa shape index (κ3) is 5.29. The Kier molecular flexibility index (Phi) is 7.54. The Balaban J connectivity index is 1.88. The lowest BCUT2D eigenvalue weighted by Gasteiger charge is -2.17. The lowest BCUT2D eigenvalue weighted by Crippen LogP contribution is -2.41. The molecule has 0 saturated heterocycles. The molecule has 0 spiro atoms. The molecule has 168 valence electrons. The van der Waals surface area contributed by atoms with Gasteiger partial charge in [0.05, 0.1) is 17.3 Å². The van der Waals surface area contributed by atoms with Gasteiger partial charge in [0.2, 0.25) is 5.88 Å². The van der Waals surface area contributed by atoms with Crippen molar-refractivity contribution in [2.75, 3.05) is 6.61 Å². The van der Waals surface area contributed by atoms with Crippen LogP contribution in [-0.4, -0.2) is 49.4 Å². The summed E-state index contributed by atoms with van der Waals surface area (Å²) in [7, 11) is 0. The molecule has 0 aliphatic heterocycles. The quantitative estimate of drug-likeness (QED) is 0.304. The third-order valence-corrected chi connectivity index (χ3v) is 5.06. The second-order valence-corrected chi connectivity index (χ2v) is 7.43. The molecule has 0 aliphatic rings. The summed E-state index contributed by atoms with van der Waals surface area (Å²) in [6.45, 7) is -0.389. The number of para-hydroxylation sites is 1. The van der Waals surface area contributed by atoms with Crippen LogP contribution in [0.2, 0.25) is 0 Å². The third-order valence-electron chi connectivity index (χ3n) is 4.77. The maximum Gasteiger partial charge on any atom is 0.258 e. The van der Waals surface area contributed by atoms with E-state index in [1.165, 1.54) is 4.57 Å². The van der Waals surface area contributed by atoms with Crippen LogP contribution in [0.5, 0.6) is 17.4 Å². The summed E-state index contributed by atoms with van der Waals surface area (Å²) >= 11 is 5.20. The normalized spacial score (nSPS) is 12.8. The number of aromatic hydroxyl groups is 1. The molecule has 0 saturated carbocycles. The summed E-state index contributed by atoms with van der Waals surface area (Å²) in [5.41, 5.74) is 5.44. The fourth-order valence-corrected chi connectivity index (χ4v) is 3.39. The number of H-pyrrole nitrogens is 1. The van der Waals surface area contributed by atoms with Crippen LogP contribution >= 0.6 is 12.2 Å². The second-order valence-electron chi connectivity index (χ2n) is 7.05. The number of carbonyl (C=O) groups is 1. The van der Waals surface area contributed by atoms with Crippen LogP contribution in [0, 0.1) is 4.77 Å². The predicted molar refractivity (Wildman–Crippen MR) is 120 cm³/mol. The molecule has 3 aromatic rings. The standard InChI is InChI=1S/C22H23N3O6S/c23-17(19(28)18(27)10-11-26)12-16-20(29)24-22(32)25(21(16)30)13-6-8-15(9-7-13)31-14-4-2-1-3-5-14/h1-9,17-18,26-27,30H,10-12,23H2,(H,24,29,32)/t17?,18-/m1/s1. The number of aromatic nitrogens is 2. The average Bonchev–Trinajstić information content (AvgIpc) is 2.78. The van der Waals surface area contributed by atoms with Crippen molar-refractivity contribution < 1.29 is 24.9 Å². The molecular formula is C22H23N3O6S. The highest BCUT2D eigenvalue weighted by atomic mass is 32.1. The number of aliphatic hydroxyl groups is 2. The van der Waals surface area contributed by atoms with E-state index < -0.39 is 29.4 Å². The molecule has 3 rings (SSSR count). The largest absolute Gasteiger partial charge is 0.494 e. The zero-order valence-electron chi connectivity index (χ0n) is 17.0. The fourth-order valence-electron chi connectivity index (χ4n) is 3.10. The summed E-state index contributed by atoms with van der Waals surface area (Å²) < 4.78 is 6.93. The Bertz CT molecular complexity index is 1190. The molecule has 1 unspecified atom stereocenters. The molecule has 0 amide bonds. The van der Waals surface area contributed by atoms with Gasteiger partial charge in [-0.2, -0.15) is 0 Å². The highest BCUT2D eigenvalue weighted by Crippen LogP contribution is 2.25. The van der Waals surface area contributed by atoms with E-state index in [2.05, 4.69) is 4.98 Å². The van der Waals surface area contributed by atoms with Gasteiger partial charge >= 0.3 is 0 Å². The van der Waals surface area contributed by atoms with Crippen LogP contribution in [0.4, 0.5) is 0 Å². The number of hydrogen-bond acceptors (Lipinski definition) is 8. The Hall–Kier alpha value is -3.31. The van der Waals surface area contributed by atoms with Gasteiger partial charge in [0.15, 0.2) is 10.6 Å². The van der Waals surface area contributed by atoms with Gasteiger partial charge in [0.1, 0.15) is 17.6 Å². The maximum atomic E-state index is 12.4. The van der Waals surface area contributed by atoms with Crippen molar-refractivity contribution in [2.24, 2.45) is 5.73 Å². The Morgan fingerprint density at radius 3 is 2.38 bits per heavy atom. The number of benzene rings is 2. The first-order valence-corrected chi connectivity index (χ1v) is 10.2. The van der Waals surface area contributed by atoms with Crippen molar-refractivity contribution in [1.82, 2.24) is 9.55 Å². The van der Waals surface area contributed by atoms with Crippen molar-refractivity contribution in [2.45, 2.75) is 25.0 Å². The van der Waals surface area contributed by atoms with E-state index in [9.17, 15) is 19.8 Å².